The molecule has 5 aromatic rings. The summed E-state index contributed by atoms with van der Waals surface area (Å²) in [6.45, 7) is 7.04. The van der Waals surface area contributed by atoms with Gasteiger partial charge in [-0.3, -0.25) is 38.4 Å². The SMILES string of the molecule is Cn1c(=O)n(C2CCC(=O)NC2=O)c2cccc(C#CCN3CCN(CC4CCC(n5cc(NC(=O)c6cnn7cc(N8CCCCC8)cnc67)c(C(F)F)n5)CC4)CC3)c21. The summed E-state index contributed by atoms with van der Waals surface area (Å²) in [7, 11) is 1.68. The Balaban J connectivity index is 0.762. The summed E-state index contributed by atoms with van der Waals surface area (Å²) in [5.41, 5.74) is 2.73. The average molecular weight is 837 g/mol. The Morgan fingerprint density at radius 3 is 2.48 bits per heavy atom. The summed E-state index contributed by atoms with van der Waals surface area (Å²) in [6.07, 6.45) is 11.1. The Morgan fingerprint density at radius 1 is 0.951 bits per heavy atom. The number of hydrogen-bond donors (Lipinski definition) is 2. The Bertz CT molecular complexity index is 2580. The number of amides is 3. The van der Waals surface area contributed by atoms with Gasteiger partial charge in [0.15, 0.2) is 11.3 Å². The number of fused-ring (bicyclic) bond motifs is 2. The molecule has 1 aromatic carbocycles. The topological polar surface area (TPSA) is 160 Å². The lowest BCUT2D eigenvalue weighted by molar-refractivity contribution is -0.135. The summed E-state index contributed by atoms with van der Waals surface area (Å²) in [6, 6.07) is 4.74. The zero-order valence-electron chi connectivity index (χ0n) is 34.2. The fourth-order valence-electron chi connectivity index (χ4n) is 9.48. The van der Waals surface area contributed by atoms with E-state index >= 15 is 0 Å². The van der Waals surface area contributed by atoms with Gasteiger partial charge in [0.1, 0.15) is 11.6 Å². The van der Waals surface area contributed by atoms with Crippen molar-refractivity contribution in [1.29, 1.82) is 0 Å². The number of imidazole rings is 1. The molecule has 1 atom stereocenters. The molecule has 0 bridgehead atoms. The number of aromatic nitrogens is 7. The minimum Gasteiger partial charge on any atom is -0.369 e. The number of nitrogens with one attached hydrogen (secondary N) is 2. The number of piperidine rings is 2. The predicted octanol–water partition coefficient (Wildman–Crippen LogP) is 4.14. The molecule has 9 rings (SSSR count). The summed E-state index contributed by atoms with van der Waals surface area (Å²) in [5.74, 6) is 5.71. The standard InChI is InChI=1S/C43H50F2N12O4/c1-51-38-29(7-5-9-34(38)57(43(51)61)35-14-15-36(58)49-42(35)60)8-6-16-52-19-21-53(22-20-52)25-28-10-12-30(13-11-28)55-27-33(37(50-55)39(44)45)48-41(59)32-24-47-56-26-31(23-46-40(32)56)54-17-3-2-4-18-54/h5,7,9,23-24,26-28,30,35,39H,2-4,10-22,25H2,1H3,(H,48,59)(H,49,58,60). The maximum absolute atomic E-state index is 14.2. The van der Waals surface area contributed by atoms with Gasteiger partial charge in [0.05, 0.1) is 59.1 Å². The first kappa shape index (κ1) is 40.5. The Kier molecular flexibility index (Phi) is 11.4. The molecule has 3 amide bonds. The second-order valence-corrected chi connectivity index (χ2v) is 16.8. The predicted molar refractivity (Wildman–Crippen MR) is 224 cm³/mol. The summed E-state index contributed by atoms with van der Waals surface area (Å²) in [4.78, 5) is 62.6. The minimum atomic E-state index is -2.85. The molecule has 18 heteroatoms. The Hall–Kier alpha value is -5.93. The number of nitrogens with zero attached hydrogens (tertiary/aromatic N) is 10. The lowest BCUT2D eigenvalue weighted by atomic mass is 9.85. The molecule has 4 aliphatic rings. The lowest BCUT2D eigenvalue weighted by Crippen LogP contribution is -2.48. The second-order valence-electron chi connectivity index (χ2n) is 16.8. The molecule has 1 aliphatic carbocycles. The van der Waals surface area contributed by atoms with Gasteiger partial charge in [-0.1, -0.05) is 17.9 Å². The molecular formula is C43H50F2N12O4. The normalized spacial score (nSPS) is 21.8. The molecule has 3 aliphatic heterocycles. The fraction of sp³-hybridized carbons (Fsp3) is 0.512. The zero-order chi connectivity index (χ0) is 42.2. The number of piperazine rings is 1. The highest BCUT2D eigenvalue weighted by Gasteiger charge is 2.32. The van der Waals surface area contributed by atoms with E-state index < -0.39 is 30.0 Å². The van der Waals surface area contributed by atoms with Gasteiger partial charge in [-0.2, -0.15) is 10.2 Å². The number of imide groups is 1. The smallest absolute Gasteiger partial charge is 0.329 e. The molecule has 4 fully saturated rings. The monoisotopic (exact) mass is 836 g/mol. The number of halogens is 2. The van der Waals surface area contributed by atoms with Crippen LogP contribution in [-0.4, -0.2) is 113 Å². The molecule has 61 heavy (non-hydrogen) atoms. The van der Waals surface area contributed by atoms with Crippen LogP contribution in [0.15, 0.2) is 47.8 Å². The maximum atomic E-state index is 14.2. The molecule has 0 radical (unpaired) electrons. The van der Waals surface area contributed by atoms with Gasteiger partial charge in [-0.05, 0) is 69.4 Å². The van der Waals surface area contributed by atoms with Crippen LogP contribution in [0.3, 0.4) is 0 Å². The van der Waals surface area contributed by atoms with Crippen LogP contribution in [-0.2, 0) is 16.6 Å². The van der Waals surface area contributed by atoms with Gasteiger partial charge in [-0.15, -0.1) is 0 Å². The highest BCUT2D eigenvalue weighted by Crippen LogP contribution is 2.36. The summed E-state index contributed by atoms with van der Waals surface area (Å²) >= 11 is 0. The largest absolute Gasteiger partial charge is 0.369 e. The van der Waals surface area contributed by atoms with Crippen molar-refractivity contribution in [3.63, 3.8) is 0 Å². The van der Waals surface area contributed by atoms with Crippen molar-refractivity contribution in [1.82, 2.24) is 48.6 Å². The van der Waals surface area contributed by atoms with Crippen LogP contribution in [0.2, 0.25) is 0 Å². The average Bonchev–Trinajstić information content (AvgIpc) is 3.96. The summed E-state index contributed by atoms with van der Waals surface area (Å²) < 4.78 is 34.6. The third-order valence-corrected chi connectivity index (χ3v) is 12.8. The second kappa shape index (κ2) is 17.2. The lowest BCUT2D eigenvalue weighted by Gasteiger charge is -2.37. The number of alkyl halides is 2. The van der Waals surface area contributed by atoms with Crippen LogP contribution in [0.5, 0.6) is 0 Å². The first-order valence-corrected chi connectivity index (χ1v) is 21.4. The molecule has 1 unspecified atom stereocenters. The quantitative estimate of drug-likeness (QED) is 0.163. The molecule has 4 aromatic heterocycles. The van der Waals surface area contributed by atoms with Crippen LogP contribution < -0.4 is 21.2 Å². The maximum Gasteiger partial charge on any atom is 0.329 e. The number of carbonyl (C=O) groups is 3. The van der Waals surface area contributed by atoms with Gasteiger partial charge in [0.2, 0.25) is 11.8 Å². The van der Waals surface area contributed by atoms with E-state index in [1.807, 2.05) is 24.4 Å². The third-order valence-electron chi connectivity index (χ3n) is 12.8. The van der Waals surface area contributed by atoms with Crippen molar-refractivity contribution in [2.24, 2.45) is 13.0 Å². The number of para-hydroxylation sites is 1. The van der Waals surface area contributed by atoms with E-state index in [1.165, 1.54) is 21.8 Å². The molecule has 16 nitrogen and oxygen atoms in total. The zero-order valence-corrected chi connectivity index (χ0v) is 34.2. The third kappa shape index (κ3) is 8.28. The Morgan fingerprint density at radius 2 is 1.72 bits per heavy atom. The van der Waals surface area contributed by atoms with E-state index in [9.17, 15) is 28.0 Å². The van der Waals surface area contributed by atoms with Crippen molar-refractivity contribution in [3.8, 4) is 11.8 Å². The van der Waals surface area contributed by atoms with E-state index in [0.717, 1.165) is 90.0 Å². The first-order valence-electron chi connectivity index (χ1n) is 21.4. The Labute approximate surface area is 350 Å². The number of hydrogen-bond acceptors (Lipinski definition) is 10. The van der Waals surface area contributed by atoms with Crippen LogP contribution in [0.1, 0.15) is 97.9 Å². The number of benzene rings is 1. The fourth-order valence-corrected chi connectivity index (χ4v) is 9.48. The highest BCUT2D eigenvalue weighted by atomic mass is 19.3. The van der Waals surface area contributed by atoms with E-state index in [-0.39, 0.29) is 41.7 Å². The number of anilines is 2. The van der Waals surface area contributed by atoms with Gasteiger partial charge < -0.3 is 15.1 Å². The van der Waals surface area contributed by atoms with E-state index in [0.29, 0.717) is 34.7 Å². The molecule has 3 saturated heterocycles. The van der Waals surface area contributed by atoms with Gasteiger partial charge in [0.25, 0.3) is 12.3 Å². The molecule has 1 saturated carbocycles. The van der Waals surface area contributed by atoms with Crippen molar-refractivity contribution in [3.05, 3.63) is 70.3 Å². The van der Waals surface area contributed by atoms with Crippen LogP contribution >= 0.6 is 0 Å². The molecule has 2 N–H and O–H groups in total. The molecule has 0 spiro atoms. The highest BCUT2D eigenvalue weighted by molar-refractivity contribution is 6.08. The van der Waals surface area contributed by atoms with Crippen molar-refractivity contribution in [2.75, 3.05) is 62.6 Å². The molecular weight excluding hydrogens is 787 g/mol. The summed E-state index contributed by atoms with van der Waals surface area (Å²) in [5, 5.41) is 13.6. The number of carbonyl (C=O) groups excluding carboxylic acids is 3. The van der Waals surface area contributed by atoms with Crippen molar-refractivity contribution in [2.45, 2.75) is 76.3 Å². The van der Waals surface area contributed by atoms with Gasteiger partial charge >= 0.3 is 5.69 Å². The van der Waals surface area contributed by atoms with Crippen LogP contribution in [0.4, 0.5) is 20.2 Å². The van der Waals surface area contributed by atoms with Gasteiger partial charge in [-0.25, -0.2) is 23.1 Å². The van der Waals surface area contributed by atoms with E-state index in [4.69, 9.17) is 0 Å². The van der Waals surface area contributed by atoms with Crippen molar-refractivity contribution < 1.29 is 23.2 Å². The number of aryl methyl sites for hydroxylation is 1. The first-order chi connectivity index (χ1) is 29.6. The van der Waals surface area contributed by atoms with E-state index in [1.54, 1.807) is 28.6 Å². The van der Waals surface area contributed by atoms with Gasteiger partial charge in [0, 0.05) is 65.5 Å². The molecule has 7 heterocycles. The van der Waals surface area contributed by atoms with E-state index in [2.05, 4.69) is 52.4 Å². The molecule has 320 valence electrons. The van der Waals surface area contributed by atoms with Crippen LogP contribution in [0.25, 0.3) is 16.7 Å². The number of rotatable bonds is 9. The minimum absolute atomic E-state index is 0.000473. The van der Waals surface area contributed by atoms with Crippen LogP contribution in [0, 0.1) is 17.8 Å². The van der Waals surface area contributed by atoms with Crippen molar-refractivity contribution >= 4 is 45.8 Å².